The Kier molecular flexibility index (Phi) is 2.56. The Labute approximate surface area is 93.5 Å². The van der Waals surface area contributed by atoms with Gasteiger partial charge in [-0.15, -0.1) is 0 Å². The van der Waals surface area contributed by atoms with Gasteiger partial charge in [0.15, 0.2) is 17.2 Å². The molecule has 0 aliphatic heterocycles. The third-order valence-corrected chi connectivity index (χ3v) is 2.44. The van der Waals surface area contributed by atoms with Crippen molar-refractivity contribution in [1.29, 1.82) is 0 Å². The summed E-state index contributed by atoms with van der Waals surface area (Å²) in [6.07, 6.45) is 0. The Morgan fingerprint density at radius 3 is 2.62 bits per heavy atom. The van der Waals surface area contributed by atoms with Crippen LogP contribution in [0.3, 0.4) is 0 Å². The lowest BCUT2D eigenvalue weighted by atomic mass is 10.1. The van der Waals surface area contributed by atoms with Gasteiger partial charge >= 0.3 is 0 Å². The highest BCUT2D eigenvalue weighted by atomic mass is 16.5. The predicted octanol–water partition coefficient (Wildman–Crippen LogP) is 2.67. The quantitative estimate of drug-likeness (QED) is 0.843. The van der Waals surface area contributed by atoms with E-state index < -0.39 is 0 Å². The summed E-state index contributed by atoms with van der Waals surface area (Å²) in [7, 11) is 1.58. The third kappa shape index (κ3) is 1.62. The maximum Gasteiger partial charge on any atom is 0.186 e. The summed E-state index contributed by atoms with van der Waals surface area (Å²) < 4.78 is 10.2. The number of hydrogen-bond acceptors (Lipinski definition) is 4. The molecule has 1 aromatic carbocycles. The van der Waals surface area contributed by atoms with Gasteiger partial charge in [-0.05, 0) is 19.1 Å². The van der Waals surface area contributed by atoms with E-state index in [-0.39, 0.29) is 5.75 Å². The van der Waals surface area contributed by atoms with E-state index >= 15 is 0 Å². The SMILES string of the molecule is COc1ccc(C)cc1-c1noc(C)c1O. The second kappa shape index (κ2) is 3.89. The molecule has 1 heterocycles. The molecule has 0 atom stereocenters. The largest absolute Gasteiger partial charge is 0.503 e. The number of rotatable bonds is 2. The lowest BCUT2D eigenvalue weighted by Crippen LogP contribution is -1.89. The number of benzene rings is 1. The van der Waals surface area contributed by atoms with Gasteiger partial charge in [-0.1, -0.05) is 16.8 Å². The molecule has 0 amide bonds. The van der Waals surface area contributed by atoms with Crippen LogP contribution in [0.2, 0.25) is 0 Å². The molecule has 2 rings (SSSR count). The van der Waals surface area contributed by atoms with Crippen LogP contribution in [0.5, 0.6) is 11.5 Å². The zero-order valence-corrected chi connectivity index (χ0v) is 9.44. The van der Waals surface area contributed by atoms with E-state index in [9.17, 15) is 5.11 Å². The summed E-state index contributed by atoms with van der Waals surface area (Å²) in [6.45, 7) is 3.63. The van der Waals surface area contributed by atoms with E-state index in [2.05, 4.69) is 5.16 Å². The number of aromatic hydroxyl groups is 1. The highest BCUT2D eigenvalue weighted by Gasteiger charge is 2.17. The molecule has 84 valence electrons. The van der Waals surface area contributed by atoms with E-state index in [0.717, 1.165) is 11.1 Å². The van der Waals surface area contributed by atoms with Crippen LogP contribution in [0.4, 0.5) is 0 Å². The van der Waals surface area contributed by atoms with Crippen LogP contribution in [0.25, 0.3) is 11.3 Å². The average molecular weight is 219 g/mol. The highest BCUT2D eigenvalue weighted by molar-refractivity contribution is 5.73. The molecular formula is C12H13NO3. The summed E-state index contributed by atoms with van der Waals surface area (Å²) >= 11 is 0. The molecule has 0 unspecified atom stereocenters. The molecular weight excluding hydrogens is 206 g/mol. The Bertz CT molecular complexity index is 517. The summed E-state index contributed by atoms with van der Waals surface area (Å²) in [6, 6.07) is 5.68. The van der Waals surface area contributed by atoms with Crippen LogP contribution in [0.1, 0.15) is 11.3 Å². The number of hydrogen-bond donors (Lipinski definition) is 1. The minimum absolute atomic E-state index is 0.0592. The maximum absolute atomic E-state index is 9.79. The first-order valence-electron chi connectivity index (χ1n) is 4.93. The second-order valence-electron chi connectivity index (χ2n) is 3.64. The van der Waals surface area contributed by atoms with Gasteiger partial charge in [0.05, 0.1) is 7.11 Å². The van der Waals surface area contributed by atoms with Gasteiger partial charge in [0.25, 0.3) is 0 Å². The number of aromatic nitrogens is 1. The van der Waals surface area contributed by atoms with E-state index in [1.54, 1.807) is 14.0 Å². The first kappa shape index (κ1) is 10.5. The van der Waals surface area contributed by atoms with Crippen LogP contribution >= 0.6 is 0 Å². The molecule has 0 aliphatic carbocycles. The fourth-order valence-corrected chi connectivity index (χ4v) is 1.55. The first-order chi connectivity index (χ1) is 7.63. The molecule has 0 radical (unpaired) electrons. The second-order valence-corrected chi connectivity index (χ2v) is 3.64. The molecule has 2 aromatic rings. The molecule has 0 fully saturated rings. The topological polar surface area (TPSA) is 55.5 Å². The van der Waals surface area contributed by atoms with Gasteiger partial charge < -0.3 is 14.4 Å². The van der Waals surface area contributed by atoms with Crippen molar-refractivity contribution < 1.29 is 14.4 Å². The standard InChI is InChI=1S/C12H13NO3/c1-7-4-5-10(15-3)9(6-7)11-12(14)8(2)16-13-11/h4-6,14H,1-3H3. The first-order valence-corrected chi connectivity index (χ1v) is 4.93. The van der Waals surface area contributed by atoms with Crippen molar-refractivity contribution in [3.8, 4) is 22.8 Å². The molecule has 4 heteroatoms. The van der Waals surface area contributed by atoms with Crippen molar-refractivity contribution in [2.24, 2.45) is 0 Å². The van der Waals surface area contributed by atoms with Crippen LogP contribution in [0.15, 0.2) is 22.7 Å². The van der Waals surface area contributed by atoms with E-state index in [1.165, 1.54) is 0 Å². The molecule has 0 bridgehead atoms. The molecule has 0 spiro atoms. The number of aryl methyl sites for hydroxylation is 2. The lowest BCUT2D eigenvalue weighted by Gasteiger charge is -2.06. The van der Waals surface area contributed by atoms with Gasteiger partial charge in [0, 0.05) is 12.5 Å². The monoisotopic (exact) mass is 219 g/mol. The molecule has 16 heavy (non-hydrogen) atoms. The maximum atomic E-state index is 9.79. The summed E-state index contributed by atoms with van der Waals surface area (Å²) in [5, 5.41) is 13.6. The van der Waals surface area contributed by atoms with Crippen molar-refractivity contribution in [2.75, 3.05) is 7.11 Å². The fourth-order valence-electron chi connectivity index (χ4n) is 1.55. The normalized spacial score (nSPS) is 10.4. The van der Waals surface area contributed by atoms with Gasteiger partial charge in [0.2, 0.25) is 0 Å². The van der Waals surface area contributed by atoms with Gasteiger partial charge in [0.1, 0.15) is 5.75 Å². The van der Waals surface area contributed by atoms with Crippen molar-refractivity contribution in [3.63, 3.8) is 0 Å². The van der Waals surface area contributed by atoms with E-state index in [0.29, 0.717) is 17.2 Å². The zero-order valence-electron chi connectivity index (χ0n) is 9.44. The minimum Gasteiger partial charge on any atom is -0.503 e. The Morgan fingerprint density at radius 1 is 1.31 bits per heavy atom. The Morgan fingerprint density at radius 2 is 2.06 bits per heavy atom. The fraction of sp³-hybridized carbons (Fsp3) is 0.250. The van der Waals surface area contributed by atoms with Gasteiger partial charge in [-0.2, -0.15) is 0 Å². The lowest BCUT2D eigenvalue weighted by molar-refractivity contribution is 0.383. The summed E-state index contributed by atoms with van der Waals surface area (Å²) in [5.74, 6) is 1.12. The molecule has 0 aliphatic rings. The minimum atomic E-state index is 0.0592. The van der Waals surface area contributed by atoms with Gasteiger partial charge in [-0.3, -0.25) is 0 Å². The molecule has 1 N–H and O–H groups in total. The van der Waals surface area contributed by atoms with E-state index in [4.69, 9.17) is 9.26 Å². The smallest absolute Gasteiger partial charge is 0.186 e. The van der Waals surface area contributed by atoms with Crippen molar-refractivity contribution in [1.82, 2.24) is 5.16 Å². The van der Waals surface area contributed by atoms with Crippen LogP contribution in [0, 0.1) is 13.8 Å². The zero-order chi connectivity index (χ0) is 11.7. The number of nitrogens with zero attached hydrogens (tertiary/aromatic N) is 1. The van der Waals surface area contributed by atoms with Crippen molar-refractivity contribution >= 4 is 0 Å². The highest BCUT2D eigenvalue weighted by Crippen LogP contribution is 2.36. The Hall–Kier alpha value is -1.97. The van der Waals surface area contributed by atoms with Crippen LogP contribution in [-0.4, -0.2) is 17.4 Å². The summed E-state index contributed by atoms with van der Waals surface area (Å²) in [4.78, 5) is 0. The average Bonchev–Trinajstić information content (AvgIpc) is 2.60. The summed E-state index contributed by atoms with van der Waals surface area (Å²) in [5.41, 5.74) is 2.21. The molecule has 0 saturated heterocycles. The van der Waals surface area contributed by atoms with Crippen LogP contribution < -0.4 is 4.74 Å². The van der Waals surface area contributed by atoms with E-state index in [1.807, 2.05) is 25.1 Å². The van der Waals surface area contributed by atoms with Crippen molar-refractivity contribution in [2.45, 2.75) is 13.8 Å². The molecule has 4 nitrogen and oxygen atoms in total. The van der Waals surface area contributed by atoms with Crippen LogP contribution in [-0.2, 0) is 0 Å². The van der Waals surface area contributed by atoms with Crippen molar-refractivity contribution in [3.05, 3.63) is 29.5 Å². The Balaban J connectivity index is 2.62. The van der Waals surface area contributed by atoms with Gasteiger partial charge in [-0.25, -0.2) is 0 Å². The predicted molar refractivity (Wildman–Crippen MR) is 59.6 cm³/mol. The molecule has 0 saturated carbocycles. The molecule has 1 aromatic heterocycles. The number of methoxy groups -OCH3 is 1. The third-order valence-electron chi connectivity index (χ3n) is 2.44. The number of ether oxygens (including phenoxy) is 1.